The quantitative estimate of drug-likeness (QED) is 0.307. The number of H-pyrrole nitrogens is 1. The Kier molecular flexibility index (Phi) is 6.17. The summed E-state index contributed by atoms with van der Waals surface area (Å²) in [4.78, 5) is 23.6. The van der Waals surface area contributed by atoms with Crippen LogP contribution in [-0.2, 0) is 6.54 Å². The Balaban J connectivity index is 1.05. The maximum atomic E-state index is 13.4. The molecule has 184 valence electrons. The van der Waals surface area contributed by atoms with Crippen LogP contribution in [0, 0.1) is 5.82 Å². The summed E-state index contributed by atoms with van der Waals surface area (Å²) in [5, 5.41) is 7.05. The molecule has 0 unspecified atom stereocenters. The molecule has 0 amide bonds. The van der Waals surface area contributed by atoms with Gasteiger partial charge in [0, 0.05) is 44.6 Å². The first kappa shape index (κ1) is 22.4. The van der Waals surface area contributed by atoms with Crippen LogP contribution in [0.5, 0.6) is 0 Å². The molecule has 0 spiro atoms. The number of nitrogens with zero attached hydrogens (tertiary/aromatic N) is 6. The van der Waals surface area contributed by atoms with E-state index in [4.69, 9.17) is 4.98 Å². The Morgan fingerprint density at radius 2 is 1.89 bits per heavy atom. The molecule has 9 nitrogen and oxygen atoms in total. The number of anilines is 2. The highest BCUT2D eigenvalue weighted by Gasteiger charge is 2.21. The van der Waals surface area contributed by atoms with Gasteiger partial charge in [0.25, 0.3) is 0 Å². The van der Waals surface area contributed by atoms with E-state index in [1.54, 1.807) is 18.6 Å². The molecule has 0 radical (unpaired) electrons. The maximum Gasteiger partial charge on any atom is 0.205 e. The lowest BCUT2D eigenvalue weighted by Gasteiger charge is -2.32. The van der Waals surface area contributed by atoms with Crippen LogP contribution >= 0.6 is 0 Å². The third kappa shape index (κ3) is 4.85. The van der Waals surface area contributed by atoms with E-state index in [-0.39, 0.29) is 5.82 Å². The number of hydrogen-bond acceptors (Lipinski definition) is 7. The molecule has 1 aliphatic rings. The van der Waals surface area contributed by atoms with Crippen molar-refractivity contribution < 1.29 is 4.39 Å². The van der Waals surface area contributed by atoms with Crippen LogP contribution < -0.4 is 10.6 Å². The summed E-state index contributed by atoms with van der Waals surface area (Å²) in [5.74, 6) is 1.36. The minimum absolute atomic E-state index is 0.230. The van der Waals surface area contributed by atoms with Crippen molar-refractivity contribution >= 4 is 34.1 Å². The van der Waals surface area contributed by atoms with Gasteiger partial charge >= 0.3 is 0 Å². The van der Waals surface area contributed by atoms with Crippen molar-refractivity contribution in [2.75, 3.05) is 36.8 Å². The molecule has 5 aromatic rings. The molecule has 0 aliphatic carbocycles. The maximum absolute atomic E-state index is 13.4. The lowest BCUT2D eigenvalue weighted by atomic mass is 10.1. The zero-order valence-corrected chi connectivity index (χ0v) is 19.9. The molecule has 6 rings (SSSR count). The SMILES string of the molecule is Fc1ccc(Cn2c(NC3CCN(CCNc4nc5ccncc5[nH]4)CC3)nc3ncccc32)cc1. The second-order valence-electron chi connectivity index (χ2n) is 9.16. The highest BCUT2D eigenvalue weighted by Crippen LogP contribution is 2.23. The summed E-state index contributed by atoms with van der Waals surface area (Å²) in [6.07, 6.45) is 7.36. The fourth-order valence-corrected chi connectivity index (χ4v) is 4.76. The van der Waals surface area contributed by atoms with E-state index in [1.165, 1.54) is 12.1 Å². The molecule has 1 saturated heterocycles. The second-order valence-corrected chi connectivity index (χ2v) is 9.16. The van der Waals surface area contributed by atoms with Crippen molar-refractivity contribution in [2.45, 2.75) is 25.4 Å². The fourth-order valence-electron chi connectivity index (χ4n) is 4.76. The van der Waals surface area contributed by atoms with Crippen molar-refractivity contribution in [3.05, 3.63) is 72.4 Å². The van der Waals surface area contributed by atoms with Gasteiger partial charge in [-0.05, 0) is 48.7 Å². The lowest BCUT2D eigenvalue weighted by Crippen LogP contribution is -2.41. The third-order valence-corrected chi connectivity index (χ3v) is 6.70. The number of aromatic amines is 1. The van der Waals surface area contributed by atoms with Gasteiger partial charge in [0.15, 0.2) is 5.65 Å². The van der Waals surface area contributed by atoms with Gasteiger partial charge in [-0.1, -0.05) is 12.1 Å². The smallest absolute Gasteiger partial charge is 0.205 e. The molecular weight excluding hydrogens is 457 g/mol. The Labute approximate surface area is 207 Å². The van der Waals surface area contributed by atoms with Crippen LogP contribution in [0.15, 0.2) is 61.1 Å². The Bertz CT molecular complexity index is 1420. The number of fused-ring (bicyclic) bond motifs is 2. The van der Waals surface area contributed by atoms with E-state index in [0.717, 1.165) is 73.0 Å². The number of pyridine rings is 2. The van der Waals surface area contributed by atoms with Gasteiger partial charge in [-0.15, -0.1) is 0 Å². The molecule has 1 aliphatic heterocycles. The minimum atomic E-state index is -0.230. The number of imidazole rings is 2. The summed E-state index contributed by atoms with van der Waals surface area (Å²) in [6.45, 7) is 4.41. The number of hydrogen-bond donors (Lipinski definition) is 3. The largest absolute Gasteiger partial charge is 0.355 e. The minimum Gasteiger partial charge on any atom is -0.355 e. The fraction of sp³-hybridized carbons (Fsp3) is 0.308. The Hall–Kier alpha value is -4.05. The molecule has 3 N–H and O–H groups in total. The van der Waals surface area contributed by atoms with Gasteiger partial charge in [-0.2, -0.15) is 4.98 Å². The predicted molar refractivity (Wildman–Crippen MR) is 138 cm³/mol. The molecule has 5 heterocycles. The number of rotatable bonds is 8. The average Bonchev–Trinajstić information content (AvgIpc) is 3.47. The zero-order chi connectivity index (χ0) is 24.3. The van der Waals surface area contributed by atoms with Crippen molar-refractivity contribution in [2.24, 2.45) is 0 Å². The zero-order valence-electron chi connectivity index (χ0n) is 19.9. The van der Waals surface area contributed by atoms with Crippen LogP contribution in [0.3, 0.4) is 0 Å². The number of likely N-dealkylation sites (tertiary alicyclic amines) is 1. The number of piperidine rings is 1. The number of aromatic nitrogens is 6. The van der Waals surface area contributed by atoms with Crippen LogP contribution in [0.1, 0.15) is 18.4 Å². The highest BCUT2D eigenvalue weighted by molar-refractivity contribution is 5.76. The average molecular weight is 486 g/mol. The summed E-state index contributed by atoms with van der Waals surface area (Å²) in [7, 11) is 0. The van der Waals surface area contributed by atoms with E-state index in [0.29, 0.717) is 18.2 Å². The van der Waals surface area contributed by atoms with Crippen LogP contribution in [0.2, 0.25) is 0 Å². The monoisotopic (exact) mass is 485 g/mol. The predicted octanol–water partition coefficient (Wildman–Crippen LogP) is 3.88. The highest BCUT2D eigenvalue weighted by atomic mass is 19.1. The summed E-state index contributed by atoms with van der Waals surface area (Å²) < 4.78 is 15.5. The van der Waals surface area contributed by atoms with Gasteiger partial charge in [-0.25, -0.2) is 14.4 Å². The van der Waals surface area contributed by atoms with Gasteiger partial charge < -0.3 is 25.1 Å². The molecule has 36 heavy (non-hydrogen) atoms. The topological polar surface area (TPSA) is 99.6 Å². The van der Waals surface area contributed by atoms with Crippen LogP contribution in [0.4, 0.5) is 16.3 Å². The molecular formula is C26H28FN9. The number of halogens is 1. The van der Waals surface area contributed by atoms with Crippen LogP contribution in [0.25, 0.3) is 22.2 Å². The van der Waals surface area contributed by atoms with Crippen molar-refractivity contribution in [3.63, 3.8) is 0 Å². The van der Waals surface area contributed by atoms with Crippen molar-refractivity contribution in [3.8, 4) is 0 Å². The standard InChI is InChI=1S/C26H28FN9/c27-19-5-3-18(4-6-19)17-36-23-2-1-10-29-24(23)34-26(36)31-20-8-13-35(14-9-20)15-12-30-25-32-21-7-11-28-16-22(21)33-25/h1-7,10-11,16,20H,8-9,12-15,17H2,(H,29,31,34)(H2,30,32,33). The Morgan fingerprint density at radius 1 is 1.03 bits per heavy atom. The second kappa shape index (κ2) is 9.90. The van der Waals surface area contributed by atoms with E-state index in [2.05, 4.69) is 40.0 Å². The van der Waals surface area contributed by atoms with E-state index >= 15 is 0 Å². The molecule has 1 aromatic carbocycles. The molecule has 4 aromatic heterocycles. The molecule has 0 atom stereocenters. The van der Waals surface area contributed by atoms with Gasteiger partial charge in [-0.3, -0.25) is 4.98 Å². The molecule has 10 heteroatoms. The summed E-state index contributed by atoms with van der Waals surface area (Å²) in [5.41, 5.74) is 4.56. The first-order valence-electron chi connectivity index (χ1n) is 12.3. The number of nitrogens with one attached hydrogen (secondary N) is 3. The molecule has 1 fully saturated rings. The van der Waals surface area contributed by atoms with E-state index in [1.807, 2.05) is 30.3 Å². The molecule has 0 saturated carbocycles. The van der Waals surface area contributed by atoms with E-state index in [9.17, 15) is 4.39 Å². The first-order valence-corrected chi connectivity index (χ1v) is 12.3. The van der Waals surface area contributed by atoms with Gasteiger partial charge in [0.05, 0.1) is 29.3 Å². The summed E-state index contributed by atoms with van der Waals surface area (Å²) in [6, 6.07) is 12.8. The van der Waals surface area contributed by atoms with Gasteiger partial charge in [0.1, 0.15) is 5.82 Å². The third-order valence-electron chi connectivity index (χ3n) is 6.70. The van der Waals surface area contributed by atoms with Crippen molar-refractivity contribution in [1.29, 1.82) is 0 Å². The first-order chi connectivity index (χ1) is 17.7. The Morgan fingerprint density at radius 3 is 2.72 bits per heavy atom. The van der Waals surface area contributed by atoms with E-state index < -0.39 is 0 Å². The van der Waals surface area contributed by atoms with Crippen molar-refractivity contribution in [1.82, 2.24) is 34.4 Å². The van der Waals surface area contributed by atoms with Gasteiger partial charge in [0.2, 0.25) is 11.9 Å². The number of benzene rings is 1. The molecule has 0 bridgehead atoms. The van der Waals surface area contributed by atoms with Crippen LogP contribution in [-0.4, -0.2) is 66.6 Å². The normalized spacial score (nSPS) is 15.0. The lowest BCUT2D eigenvalue weighted by molar-refractivity contribution is 0.226. The summed E-state index contributed by atoms with van der Waals surface area (Å²) >= 11 is 0.